The van der Waals surface area contributed by atoms with Crippen molar-refractivity contribution < 1.29 is 19.2 Å². The van der Waals surface area contributed by atoms with Crippen molar-refractivity contribution in [3.63, 3.8) is 0 Å². The molecule has 1 aliphatic rings. The molecule has 11 heteroatoms. The van der Waals surface area contributed by atoms with Gasteiger partial charge in [0.1, 0.15) is 17.1 Å². The number of hydrogen-bond acceptors (Lipinski definition) is 5. The highest BCUT2D eigenvalue weighted by molar-refractivity contribution is 5.96. The van der Waals surface area contributed by atoms with Crippen LogP contribution < -0.4 is 33.2 Å². The Balaban J connectivity index is 2.92. The fraction of sp³-hybridized carbons (Fsp3) is 0.722. The van der Waals surface area contributed by atoms with Gasteiger partial charge < -0.3 is 33.2 Å². The van der Waals surface area contributed by atoms with Crippen LogP contribution in [0.2, 0.25) is 0 Å². The maximum Gasteiger partial charge on any atom is 0.245 e. The molecule has 29 heavy (non-hydrogen) atoms. The summed E-state index contributed by atoms with van der Waals surface area (Å²) in [6, 6.07) is -0.943. The van der Waals surface area contributed by atoms with Crippen LogP contribution in [0.1, 0.15) is 59.3 Å². The number of nitrogens with one attached hydrogen (secondary N) is 3. The molecule has 0 aromatic rings. The van der Waals surface area contributed by atoms with E-state index in [0.717, 1.165) is 12.8 Å². The van der Waals surface area contributed by atoms with Crippen LogP contribution in [0.15, 0.2) is 4.99 Å². The Morgan fingerprint density at radius 1 is 1.10 bits per heavy atom. The average molecular weight is 412 g/mol. The minimum atomic E-state index is -1.22. The zero-order valence-corrected chi connectivity index (χ0v) is 17.3. The minimum Gasteiger partial charge on any atom is -0.370 e. The highest BCUT2D eigenvalue weighted by atomic mass is 16.2. The van der Waals surface area contributed by atoms with Gasteiger partial charge in [0.05, 0.1) is 0 Å². The second-order valence-electron chi connectivity index (χ2n) is 7.92. The molecular weight excluding hydrogens is 378 g/mol. The Morgan fingerprint density at radius 2 is 1.69 bits per heavy atom. The first-order valence-corrected chi connectivity index (χ1v) is 9.67. The SMILES string of the molecule is CC(=O)NC(C)(C)C(=O)NC(CCCN=C(N)N)C(=O)NC1(C(N)=O)CCCC1. The third-order valence-electron chi connectivity index (χ3n) is 4.91. The molecule has 1 saturated carbocycles. The second-order valence-corrected chi connectivity index (χ2v) is 7.92. The lowest BCUT2D eigenvalue weighted by Gasteiger charge is -2.31. The van der Waals surface area contributed by atoms with Gasteiger partial charge in [0.2, 0.25) is 23.6 Å². The normalized spacial score (nSPS) is 16.4. The van der Waals surface area contributed by atoms with E-state index in [1.165, 1.54) is 20.8 Å². The number of primary amides is 1. The van der Waals surface area contributed by atoms with Crippen molar-refractivity contribution in [3.8, 4) is 0 Å². The van der Waals surface area contributed by atoms with E-state index in [0.29, 0.717) is 19.3 Å². The lowest BCUT2D eigenvalue weighted by Crippen LogP contribution is -2.62. The Hall–Kier alpha value is -2.85. The Bertz CT molecular complexity index is 665. The number of rotatable bonds is 10. The van der Waals surface area contributed by atoms with Gasteiger partial charge in [-0.25, -0.2) is 0 Å². The van der Waals surface area contributed by atoms with Crippen LogP contribution in [0.5, 0.6) is 0 Å². The monoisotopic (exact) mass is 411 g/mol. The van der Waals surface area contributed by atoms with Crippen LogP contribution in [-0.2, 0) is 19.2 Å². The fourth-order valence-electron chi connectivity index (χ4n) is 3.34. The van der Waals surface area contributed by atoms with Crippen LogP contribution in [0, 0.1) is 0 Å². The summed E-state index contributed by atoms with van der Waals surface area (Å²) in [7, 11) is 0. The predicted molar refractivity (Wildman–Crippen MR) is 108 cm³/mol. The molecule has 0 spiro atoms. The van der Waals surface area contributed by atoms with E-state index in [-0.39, 0.29) is 24.8 Å². The molecule has 1 atom stereocenters. The highest BCUT2D eigenvalue weighted by Gasteiger charge is 2.42. The maximum absolute atomic E-state index is 12.9. The van der Waals surface area contributed by atoms with Gasteiger partial charge in [0.15, 0.2) is 5.96 Å². The molecule has 11 nitrogen and oxygen atoms in total. The van der Waals surface area contributed by atoms with E-state index in [1.807, 2.05) is 0 Å². The quantitative estimate of drug-likeness (QED) is 0.141. The van der Waals surface area contributed by atoms with Crippen molar-refractivity contribution in [1.29, 1.82) is 0 Å². The Kier molecular flexibility index (Phi) is 8.41. The molecular formula is C18H33N7O4. The first-order chi connectivity index (χ1) is 13.4. The zero-order valence-electron chi connectivity index (χ0n) is 17.3. The summed E-state index contributed by atoms with van der Waals surface area (Å²) in [6.45, 7) is 4.63. The molecule has 1 aliphatic carbocycles. The van der Waals surface area contributed by atoms with Crippen LogP contribution >= 0.6 is 0 Å². The number of nitrogens with two attached hydrogens (primary N) is 3. The largest absolute Gasteiger partial charge is 0.370 e. The summed E-state index contributed by atoms with van der Waals surface area (Å²) >= 11 is 0. The van der Waals surface area contributed by atoms with Gasteiger partial charge in [-0.05, 0) is 39.5 Å². The first-order valence-electron chi connectivity index (χ1n) is 9.67. The number of hydrogen-bond donors (Lipinski definition) is 6. The van der Waals surface area contributed by atoms with E-state index in [2.05, 4.69) is 20.9 Å². The zero-order chi connectivity index (χ0) is 22.2. The topological polar surface area (TPSA) is 195 Å². The molecule has 0 heterocycles. The standard InChI is InChI=1S/C18H33N7O4/c1-11(26)24-17(2,3)15(29)23-12(7-6-10-22-16(20)21)13(27)25-18(14(19)28)8-4-5-9-18/h12H,4-10H2,1-3H3,(H2,19,28)(H,23,29)(H,24,26)(H,25,27)(H4,20,21,22). The van der Waals surface area contributed by atoms with Crippen molar-refractivity contribution in [2.45, 2.75) is 76.4 Å². The highest BCUT2D eigenvalue weighted by Crippen LogP contribution is 2.29. The molecule has 1 unspecified atom stereocenters. The Morgan fingerprint density at radius 3 is 2.17 bits per heavy atom. The van der Waals surface area contributed by atoms with Crippen molar-refractivity contribution >= 4 is 29.6 Å². The summed E-state index contributed by atoms with van der Waals surface area (Å²) in [5, 5.41) is 7.92. The minimum absolute atomic E-state index is 0.0690. The number of nitrogens with zero attached hydrogens (tertiary/aromatic N) is 1. The molecule has 0 aromatic carbocycles. The van der Waals surface area contributed by atoms with Crippen LogP contribution in [0.4, 0.5) is 0 Å². The summed E-state index contributed by atoms with van der Waals surface area (Å²) in [4.78, 5) is 52.7. The van der Waals surface area contributed by atoms with Gasteiger partial charge in [-0.15, -0.1) is 0 Å². The molecule has 164 valence electrons. The third-order valence-corrected chi connectivity index (χ3v) is 4.91. The number of amides is 4. The van der Waals surface area contributed by atoms with E-state index in [4.69, 9.17) is 17.2 Å². The molecule has 0 aromatic heterocycles. The van der Waals surface area contributed by atoms with Crippen LogP contribution in [-0.4, -0.2) is 53.3 Å². The van der Waals surface area contributed by atoms with E-state index >= 15 is 0 Å². The van der Waals surface area contributed by atoms with Gasteiger partial charge >= 0.3 is 0 Å². The van der Waals surface area contributed by atoms with Gasteiger partial charge in [-0.1, -0.05) is 12.8 Å². The van der Waals surface area contributed by atoms with Gasteiger partial charge in [-0.3, -0.25) is 24.2 Å². The summed E-state index contributed by atoms with van der Waals surface area (Å²) < 4.78 is 0. The number of carbonyl (C=O) groups excluding carboxylic acids is 4. The molecule has 4 amide bonds. The maximum atomic E-state index is 12.9. The molecule has 0 bridgehead atoms. The molecule has 1 fully saturated rings. The predicted octanol–water partition coefficient (Wildman–Crippen LogP) is -1.65. The van der Waals surface area contributed by atoms with Crippen molar-refractivity contribution in [2.24, 2.45) is 22.2 Å². The lowest BCUT2D eigenvalue weighted by atomic mass is 9.95. The number of guanidine groups is 1. The van der Waals surface area contributed by atoms with Crippen molar-refractivity contribution in [3.05, 3.63) is 0 Å². The van der Waals surface area contributed by atoms with Gasteiger partial charge in [-0.2, -0.15) is 0 Å². The second kappa shape index (κ2) is 10.1. The smallest absolute Gasteiger partial charge is 0.245 e. The van der Waals surface area contributed by atoms with Crippen LogP contribution in [0.3, 0.4) is 0 Å². The van der Waals surface area contributed by atoms with Gasteiger partial charge in [0, 0.05) is 13.5 Å². The van der Waals surface area contributed by atoms with Crippen molar-refractivity contribution in [2.75, 3.05) is 6.54 Å². The number of aliphatic imine (C=N–C) groups is 1. The number of carbonyl (C=O) groups is 4. The summed E-state index contributed by atoms with van der Waals surface area (Å²) in [6.07, 6.45) is 3.13. The first kappa shape index (κ1) is 24.2. The average Bonchev–Trinajstić information content (AvgIpc) is 3.05. The van der Waals surface area contributed by atoms with Gasteiger partial charge in [0.25, 0.3) is 0 Å². The molecule has 0 radical (unpaired) electrons. The van der Waals surface area contributed by atoms with E-state index in [1.54, 1.807) is 0 Å². The fourth-order valence-corrected chi connectivity index (χ4v) is 3.34. The molecule has 0 saturated heterocycles. The third kappa shape index (κ3) is 7.24. The van der Waals surface area contributed by atoms with Crippen molar-refractivity contribution in [1.82, 2.24) is 16.0 Å². The van der Waals surface area contributed by atoms with E-state index < -0.39 is 34.8 Å². The summed E-state index contributed by atoms with van der Waals surface area (Å²) in [5.41, 5.74) is 13.8. The summed E-state index contributed by atoms with van der Waals surface area (Å²) in [5.74, 6) is -2.08. The molecule has 9 N–H and O–H groups in total. The van der Waals surface area contributed by atoms with Crippen LogP contribution in [0.25, 0.3) is 0 Å². The molecule has 1 rings (SSSR count). The molecule has 0 aliphatic heterocycles. The lowest BCUT2D eigenvalue weighted by molar-refractivity contribution is -0.136. The van der Waals surface area contributed by atoms with E-state index in [9.17, 15) is 19.2 Å². The Labute approximate surface area is 170 Å².